The Bertz CT molecular complexity index is 995. The highest BCUT2D eigenvalue weighted by atomic mass is 32.2. The molecular formula is C23H29N3O6S. The fraction of sp³-hybridized carbons (Fsp3) is 0.391. The number of morpholine rings is 1. The number of hydrogen-bond donors (Lipinski definition) is 2. The van der Waals surface area contributed by atoms with Crippen molar-refractivity contribution in [2.24, 2.45) is 0 Å². The average molecular weight is 476 g/mol. The van der Waals surface area contributed by atoms with Crippen LogP contribution in [0.1, 0.15) is 11.1 Å². The number of hydrogen-bond acceptors (Lipinski definition) is 6. The van der Waals surface area contributed by atoms with Crippen LogP contribution in [0.25, 0.3) is 0 Å². The maximum atomic E-state index is 12.8. The second-order valence-corrected chi connectivity index (χ2v) is 9.66. The lowest BCUT2D eigenvalue weighted by molar-refractivity contribution is -0.122. The molecule has 1 aliphatic rings. The molecule has 178 valence electrons. The highest BCUT2D eigenvalue weighted by Gasteiger charge is 2.26. The molecule has 0 saturated carbocycles. The summed E-state index contributed by atoms with van der Waals surface area (Å²) < 4.78 is 36.7. The number of ether oxygens (including phenoxy) is 2. The number of carbonyl (C=O) groups is 2. The first-order valence-corrected chi connectivity index (χ1v) is 12.4. The van der Waals surface area contributed by atoms with Gasteiger partial charge in [0.05, 0.1) is 19.0 Å². The smallest absolute Gasteiger partial charge is 0.408 e. The van der Waals surface area contributed by atoms with Crippen LogP contribution >= 0.6 is 0 Å². The number of amides is 2. The van der Waals surface area contributed by atoms with Crippen LogP contribution in [-0.2, 0) is 37.3 Å². The molecule has 33 heavy (non-hydrogen) atoms. The maximum Gasteiger partial charge on any atom is 0.408 e. The molecule has 0 radical (unpaired) electrons. The molecule has 0 aromatic heterocycles. The van der Waals surface area contributed by atoms with E-state index in [-0.39, 0.29) is 25.3 Å². The number of benzene rings is 2. The van der Waals surface area contributed by atoms with Crippen LogP contribution in [0.3, 0.4) is 0 Å². The Kier molecular flexibility index (Phi) is 9.23. The molecule has 1 saturated heterocycles. The van der Waals surface area contributed by atoms with Crippen molar-refractivity contribution in [3.63, 3.8) is 0 Å². The van der Waals surface area contributed by atoms with Crippen molar-refractivity contribution in [3.8, 4) is 0 Å². The largest absolute Gasteiger partial charge is 0.445 e. The van der Waals surface area contributed by atoms with E-state index in [0.717, 1.165) is 11.1 Å². The summed E-state index contributed by atoms with van der Waals surface area (Å²) >= 11 is 0. The number of nitrogens with one attached hydrogen (secondary N) is 2. The number of nitrogens with zero attached hydrogens (tertiary/aromatic N) is 1. The van der Waals surface area contributed by atoms with Gasteiger partial charge in [-0.25, -0.2) is 13.2 Å². The van der Waals surface area contributed by atoms with Gasteiger partial charge in [0.25, 0.3) is 0 Å². The van der Waals surface area contributed by atoms with E-state index in [0.29, 0.717) is 26.3 Å². The second-order valence-electron chi connectivity index (χ2n) is 7.57. The van der Waals surface area contributed by atoms with E-state index in [1.54, 1.807) is 0 Å². The summed E-state index contributed by atoms with van der Waals surface area (Å²) in [6.45, 7) is 1.34. The Labute approximate surface area is 194 Å². The molecule has 0 spiro atoms. The highest BCUT2D eigenvalue weighted by Crippen LogP contribution is 2.07. The van der Waals surface area contributed by atoms with Crippen molar-refractivity contribution in [1.29, 1.82) is 0 Å². The van der Waals surface area contributed by atoms with Gasteiger partial charge in [-0.2, -0.15) is 4.31 Å². The SMILES string of the molecule is O=C(NC(Cc1ccccc1)C(=O)NCCS(=O)(=O)N1CCOCC1)OCc1ccccc1. The predicted octanol–water partition coefficient (Wildman–Crippen LogP) is 1.30. The molecule has 1 heterocycles. The second kappa shape index (κ2) is 12.3. The monoisotopic (exact) mass is 475 g/mol. The lowest BCUT2D eigenvalue weighted by Gasteiger charge is -2.26. The molecule has 0 aliphatic carbocycles. The van der Waals surface area contributed by atoms with Gasteiger partial charge in [0, 0.05) is 26.1 Å². The molecule has 1 unspecified atom stereocenters. The van der Waals surface area contributed by atoms with Gasteiger partial charge in [0.1, 0.15) is 12.6 Å². The zero-order valence-electron chi connectivity index (χ0n) is 18.3. The first-order chi connectivity index (χ1) is 15.9. The summed E-state index contributed by atoms with van der Waals surface area (Å²) in [4.78, 5) is 25.1. The van der Waals surface area contributed by atoms with Crippen molar-refractivity contribution < 1.29 is 27.5 Å². The van der Waals surface area contributed by atoms with Gasteiger partial charge in [-0.1, -0.05) is 60.7 Å². The molecule has 9 nitrogen and oxygen atoms in total. The minimum absolute atomic E-state index is 0.0649. The Morgan fingerprint density at radius 2 is 1.58 bits per heavy atom. The van der Waals surface area contributed by atoms with E-state index in [2.05, 4.69) is 10.6 Å². The minimum Gasteiger partial charge on any atom is -0.445 e. The minimum atomic E-state index is -3.50. The first kappa shape index (κ1) is 24.7. The van der Waals surface area contributed by atoms with Crippen molar-refractivity contribution in [1.82, 2.24) is 14.9 Å². The molecule has 1 atom stereocenters. The van der Waals surface area contributed by atoms with E-state index in [1.807, 2.05) is 60.7 Å². The summed E-state index contributed by atoms with van der Waals surface area (Å²) in [5, 5.41) is 5.23. The Morgan fingerprint density at radius 3 is 2.21 bits per heavy atom. The fourth-order valence-electron chi connectivity index (χ4n) is 3.35. The van der Waals surface area contributed by atoms with E-state index < -0.39 is 28.1 Å². The van der Waals surface area contributed by atoms with Crippen LogP contribution in [0, 0.1) is 0 Å². The van der Waals surface area contributed by atoms with Crippen LogP contribution in [0.2, 0.25) is 0 Å². The summed E-state index contributed by atoms with van der Waals surface area (Å²) in [5.41, 5.74) is 1.67. The molecule has 2 N–H and O–H groups in total. The van der Waals surface area contributed by atoms with Gasteiger partial charge in [0.2, 0.25) is 15.9 Å². The molecule has 1 fully saturated rings. The van der Waals surface area contributed by atoms with Crippen molar-refractivity contribution in [3.05, 3.63) is 71.8 Å². The zero-order chi connectivity index (χ0) is 23.5. The third kappa shape index (κ3) is 8.16. The van der Waals surface area contributed by atoms with E-state index in [4.69, 9.17) is 9.47 Å². The quantitative estimate of drug-likeness (QED) is 0.536. The summed E-state index contributed by atoms with van der Waals surface area (Å²) in [5.74, 6) is -0.706. The van der Waals surface area contributed by atoms with Crippen LogP contribution in [0.4, 0.5) is 4.79 Å². The third-order valence-electron chi connectivity index (χ3n) is 5.13. The molecule has 3 rings (SSSR count). The highest BCUT2D eigenvalue weighted by molar-refractivity contribution is 7.89. The number of sulfonamides is 1. The van der Waals surface area contributed by atoms with Gasteiger partial charge in [-0.05, 0) is 11.1 Å². The molecule has 10 heteroatoms. The van der Waals surface area contributed by atoms with E-state index >= 15 is 0 Å². The lowest BCUT2D eigenvalue weighted by atomic mass is 10.1. The molecule has 2 aromatic carbocycles. The van der Waals surface area contributed by atoms with Gasteiger partial charge in [-0.3, -0.25) is 4.79 Å². The average Bonchev–Trinajstić information content (AvgIpc) is 2.84. The fourth-order valence-corrected chi connectivity index (χ4v) is 4.67. The first-order valence-electron chi connectivity index (χ1n) is 10.8. The third-order valence-corrected chi connectivity index (χ3v) is 7.00. The summed E-state index contributed by atoms with van der Waals surface area (Å²) in [6.07, 6.45) is -0.487. The lowest BCUT2D eigenvalue weighted by Crippen LogP contribution is -2.50. The summed E-state index contributed by atoms with van der Waals surface area (Å²) in [7, 11) is -3.50. The Balaban J connectivity index is 1.55. The van der Waals surface area contributed by atoms with Crippen molar-refractivity contribution in [2.45, 2.75) is 19.1 Å². The molecule has 1 aliphatic heterocycles. The van der Waals surface area contributed by atoms with Gasteiger partial charge in [0.15, 0.2) is 0 Å². The van der Waals surface area contributed by atoms with Crippen LogP contribution in [0.15, 0.2) is 60.7 Å². The van der Waals surface area contributed by atoms with Gasteiger partial charge in [-0.15, -0.1) is 0 Å². The summed E-state index contributed by atoms with van der Waals surface area (Å²) in [6, 6.07) is 17.5. The predicted molar refractivity (Wildman–Crippen MR) is 123 cm³/mol. The molecular weight excluding hydrogens is 446 g/mol. The molecule has 0 bridgehead atoms. The van der Waals surface area contributed by atoms with Gasteiger partial charge >= 0.3 is 6.09 Å². The normalized spacial score (nSPS) is 15.4. The number of rotatable bonds is 10. The molecule has 2 amide bonds. The zero-order valence-corrected chi connectivity index (χ0v) is 19.1. The van der Waals surface area contributed by atoms with E-state index in [9.17, 15) is 18.0 Å². The van der Waals surface area contributed by atoms with Crippen LogP contribution in [0.5, 0.6) is 0 Å². The van der Waals surface area contributed by atoms with Crippen molar-refractivity contribution >= 4 is 22.0 Å². The Hall–Kier alpha value is -2.95. The molecule has 2 aromatic rings. The van der Waals surface area contributed by atoms with Crippen LogP contribution < -0.4 is 10.6 Å². The van der Waals surface area contributed by atoms with Gasteiger partial charge < -0.3 is 20.1 Å². The van der Waals surface area contributed by atoms with E-state index in [1.165, 1.54) is 4.31 Å². The Morgan fingerprint density at radius 1 is 0.970 bits per heavy atom. The maximum absolute atomic E-state index is 12.8. The number of alkyl carbamates (subject to hydrolysis) is 1. The topological polar surface area (TPSA) is 114 Å². The van der Waals surface area contributed by atoms with Crippen LogP contribution in [-0.4, -0.2) is 69.4 Å². The van der Waals surface area contributed by atoms with Crippen molar-refractivity contribution in [2.75, 3.05) is 38.6 Å². The number of carbonyl (C=O) groups excluding carboxylic acids is 2. The standard InChI is InChI=1S/C23H29N3O6S/c27-22(24-11-16-33(29,30)26-12-14-31-15-13-26)21(17-19-7-3-1-4-8-19)25-23(28)32-18-20-9-5-2-6-10-20/h1-10,21H,11-18H2,(H,24,27)(H,25,28).